The van der Waals surface area contributed by atoms with Crippen molar-refractivity contribution in [2.75, 3.05) is 31.1 Å². The van der Waals surface area contributed by atoms with Crippen LogP contribution in [0.3, 0.4) is 0 Å². The van der Waals surface area contributed by atoms with Crippen LogP contribution in [0.25, 0.3) is 16.6 Å². The fraction of sp³-hybridized carbons (Fsp3) is 0.227. The van der Waals surface area contributed by atoms with Crippen molar-refractivity contribution in [3.8, 4) is 5.69 Å². The summed E-state index contributed by atoms with van der Waals surface area (Å²) in [6, 6.07) is 9.43. The molecule has 1 aromatic carbocycles. The average Bonchev–Trinajstić information content (AvgIpc) is 3.57. The summed E-state index contributed by atoms with van der Waals surface area (Å²) < 4.78 is 16.2. The van der Waals surface area contributed by atoms with Crippen LogP contribution in [0.1, 0.15) is 23.0 Å². The Labute approximate surface area is 197 Å². The number of hydrogen-bond acceptors (Lipinski definition) is 9. The number of oxime groups is 1. The lowest BCUT2D eigenvalue weighted by molar-refractivity contribution is -0.126. The van der Waals surface area contributed by atoms with E-state index < -0.39 is 17.5 Å². The summed E-state index contributed by atoms with van der Waals surface area (Å²) in [5, 5.41) is 24.0. The number of hydrogen-bond donors (Lipinski definition) is 2. The number of H-pyrrole nitrogens is 1. The third-order valence-electron chi connectivity index (χ3n) is 5.90. The molecule has 13 heteroatoms. The smallest absolute Gasteiger partial charge is 0.295 e. The van der Waals surface area contributed by atoms with E-state index >= 15 is 0 Å². The number of piperazine rings is 1. The maximum Gasteiger partial charge on any atom is 0.295 e. The maximum absolute atomic E-state index is 14.6. The second kappa shape index (κ2) is 8.93. The Hall–Kier alpha value is -4.68. The Bertz CT molecular complexity index is 1440. The first-order valence-corrected chi connectivity index (χ1v) is 10.8. The van der Waals surface area contributed by atoms with Crippen LogP contribution in [0.15, 0.2) is 47.9 Å². The van der Waals surface area contributed by atoms with Gasteiger partial charge in [0.05, 0.1) is 28.4 Å². The van der Waals surface area contributed by atoms with Crippen molar-refractivity contribution < 1.29 is 19.2 Å². The minimum Gasteiger partial charge on any atom is -0.411 e. The van der Waals surface area contributed by atoms with Gasteiger partial charge in [-0.2, -0.15) is 4.68 Å². The predicted octanol–water partition coefficient (Wildman–Crippen LogP) is 1.41. The van der Waals surface area contributed by atoms with E-state index in [-0.39, 0.29) is 41.0 Å². The van der Waals surface area contributed by atoms with Gasteiger partial charge in [0.1, 0.15) is 11.4 Å². The van der Waals surface area contributed by atoms with Crippen LogP contribution in [0.5, 0.6) is 0 Å². The summed E-state index contributed by atoms with van der Waals surface area (Å²) in [4.78, 5) is 36.1. The van der Waals surface area contributed by atoms with E-state index in [1.54, 1.807) is 4.68 Å². The molecule has 12 nitrogen and oxygen atoms in total. The summed E-state index contributed by atoms with van der Waals surface area (Å²) in [5.41, 5.74) is 1.19. The summed E-state index contributed by atoms with van der Waals surface area (Å²) >= 11 is 0. The highest BCUT2D eigenvalue weighted by atomic mass is 19.1. The molecule has 4 heterocycles. The van der Waals surface area contributed by atoms with Gasteiger partial charge in [-0.3, -0.25) is 9.59 Å². The minimum absolute atomic E-state index is 0.0722. The zero-order valence-corrected chi connectivity index (χ0v) is 18.6. The number of ketones is 1. The number of nitrogens with zero attached hydrogens (tertiary/aromatic N) is 8. The molecule has 1 aliphatic rings. The molecule has 2 N–H and O–H groups in total. The normalized spacial score (nSPS) is 14.5. The van der Waals surface area contributed by atoms with Gasteiger partial charge in [0, 0.05) is 32.4 Å². The number of Topliss-reactive ketones (excluding diaryl/α,β-unsaturated/α-hetero) is 1. The Balaban J connectivity index is 1.33. The van der Waals surface area contributed by atoms with Crippen molar-refractivity contribution in [3.63, 3.8) is 0 Å². The van der Waals surface area contributed by atoms with E-state index in [2.05, 4.69) is 30.6 Å². The number of aromatic amines is 1. The van der Waals surface area contributed by atoms with Gasteiger partial charge in [-0.15, -0.1) is 0 Å². The molecule has 0 saturated carbocycles. The topological polar surface area (TPSA) is 145 Å². The summed E-state index contributed by atoms with van der Waals surface area (Å²) in [6.45, 7) is 2.84. The van der Waals surface area contributed by atoms with Crippen LogP contribution in [0.4, 0.5) is 10.3 Å². The molecular formula is C22H20FN9O3. The first-order chi connectivity index (χ1) is 17.0. The largest absolute Gasteiger partial charge is 0.411 e. The Kier molecular flexibility index (Phi) is 5.65. The van der Waals surface area contributed by atoms with Crippen LogP contribution in [-0.4, -0.2) is 83.9 Å². The molecule has 0 radical (unpaired) electrons. The molecule has 35 heavy (non-hydrogen) atoms. The standard InChI is InChI=1S/C22H20FN9O3/c1-13(27-35)18-19-17(16(23)12-25-18)15(11-24-19)20(33)21(34)30-7-9-31(10-8-30)22-26-28-29-32(22)14-5-3-2-4-6-14/h2-6,11-12,24,35H,7-10H2,1H3/b27-13-. The number of anilines is 1. The zero-order valence-electron chi connectivity index (χ0n) is 18.6. The van der Waals surface area contributed by atoms with Gasteiger partial charge in [0.2, 0.25) is 5.95 Å². The Morgan fingerprint density at radius 1 is 1.14 bits per heavy atom. The molecule has 3 aromatic heterocycles. The van der Waals surface area contributed by atoms with Crippen molar-refractivity contribution in [1.29, 1.82) is 0 Å². The third-order valence-corrected chi connectivity index (χ3v) is 5.90. The molecule has 1 fully saturated rings. The molecule has 0 bridgehead atoms. The summed E-state index contributed by atoms with van der Waals surface area (Å²) in [6.07, 6.45) is 2.20. The van der Waals surface area contributed by atoms with Crippen molar-refractivity contribution in [2.45, 2.75) is 6.92 Å². The van der Waals surface area contributed by atoms with Crippen LogP contribution in [0.2, 0.25) is 0 Å². The fourth-order valence-corrected chi connectivity index (χ4v) is 4.09. The number of aromatic nitrogens is 6. The second-order valence-electron chi connectivity index (χ2n) is 7.93. The van der Waals surface area contributed by atoms with Crippen LogP contribution >= 0.6 is 0 Å². The number of tetrazole rings is 1. The van der Waals surface area contributed by atoms with Crippen LogP contribution < -0.4 is 4.90 Å². The van der Waals surface area contributed by atoms with Gasteiger partial charge in [-0.05, 0) is 29.5 Å². The predicted molar refractivity (Wildman–Crippen MR) is 122 cm³/mol. The molecule has 178 valence electrons. The first-order valence-electron chi connectivity index (χ1n) is 10.8. The van der Waals surface area contributed by atoms with E-state index in [1.807, 2.05) is 35.2 Å². The molecule has 1 aliphatic heterocycles. The van der Waals surface area contributed by atoms with Crippen molar-refractivity contribution in [2.24, 2.45) is 5.16 Å². The van der Waals surface area contributed by atoms with Crippen LogP contribution in [0, 0.1) is 5.82 Å². The number of fused-ring (bicyclic) bond motifs is 1. The van der Waals surface area contributed by atoms with Crippen molar-refractivity contribution in [3.05, 3.63) is 59.8 Å². The molecule has 0 aliphatic carbocycles. The Morgan fingerprint density at radius 3 is 2.60 bits per heavy atom. The van der Waals surface area contributed by atoms with Gasteiger partial charge in [-0.25, -0.2) is 9.37 Å². The number of amides is 1. The monoisotopic (exact) mass is 477 g/mol. The minimum atomic E-state index is -0.839. The number of benzene rings is 1. The zero-order chi connectivity index (χ0) is 24.5. The lowest BCUT2D eigenvalue weighted by Gasteiger charge is -2.34. The number of carbonyl (C=O) groups excluding carboxylic acids is 2. The fourth-order valence-electron chi connectivity index (χ4n) is 4.09. The molecule has 0 atom stereocenters. The number of pyridine rings is 1. The SMILES string of the molecule is C/C(=N/O)c1ncc(F)c2c(C(=O)C(=O)N3CCN(c4nnnn4-c4ccccc4)CC3)c[nH]c12. The van der Waals surface area contributed by atoms with Gasteiger partial charge < -0.3 is 20.0 Å². The van der Waals surface area contributed by atoms with E-state index in [0.29, 0.717) is 19.0 Å². The van der Waals surface area contributed by atoms with Gasteiger partial charge in [-0.1, -0.05) is 28.5 Å². The average molecular weight is 477 g/mol. The molecule has 5 rings (SSSR count). The number of carbonyl (C=O) groups is 2. The highest BCUT2D eigenvalue weighted by Crippen LogP contribution is 2.25. The summed E-state index contributed by atoms with van der Waals surface area (Å²) in [5.74, 6) is -1.80. The number of para-hydroxylation sites is 1. The van der Waals surface area contributed by atoms with E-state index in [0.717, 1.165) is 11.9 Å². The number of nitrogens with one attached hydrogen (secondary N) is 1. The molecule has 0 unspecified atom stereocenters. The highest BCUT2D eigenvalue weighted by molar-refractivity contribution is 6.45. The maximum atomic E-state index is 14.6. The molecule has 1 amide bonds. The van der Waals surface area contributed by atoms with E-state index in [9.17, 15) is 14.0 Å². The number of rotatable bonds is 5. The lowest BCUT2D eigenvalue weighted by Crippen LogP contribution is -2.51. The van der Waals surface area contributed by atoms with Gasteiger partial charge >= 0.3 is 0 Å². The van der Waals surface area contributed by atoms with E-state index in [4.69, 9.17) is 5.21 Å². The Morgan fingerprint density at radius 2 is 1.89 bits per heavy atom. The first kappa shape index (κ1) is 22.1. The van der Waals surface area contributed by atoms with Crippen molar-refractivity contribution >= 4 is 34.3 Å². The third kappa shape index (κ3) is 3.86. The van der Waals surface area contributed by atoms with E-state index in [1.165, 1.54) is 18.0 Å². The number of halogens is 1. The van der Waals surface area contributed by atoms with Crippen molar-refractivity contribution in [1.82, 2.24) is 35.1 Å². The van der Waals surface area contributed by atoms with Crippen LogP contribution in [-0.2, 0) is 4.79 Å². The molecule has 0 spiro atoms. The quantitative estimate of drug-likeness (QED) is 0.144. The van der Waals surface area contributed by atoms with Gasteiger partial charge in [0.15, 0.2) is 5.82 Å². The lowest BCUT2D eigenvalue weighted by atomic mass is 10.1. The molecule has 4 aromatic rings. The molecular weight excluding hydrogens is 457 g/mol. The van der Waals surface area contributed by atoms with Gasteiger partial charge in [0.25, 0.3) is 11.7 Å². The highest BCUT2D eigenvalue weighted by Gasteiger charge is 2.31. The molecule has 1 saturated heterocycles. The summed E-state index contributed by atoms with van der Waals surface area (Å²) in [7, 11) is 0. The second-order valence-corrected chi connectivity index (χ2v) is 7.93.